The fourth-order valence-corrected chi connectivity index (χ4v) is 3.52. The lowest BCUT2D eigenvalue weighted by atomic mass is 9.97. The zero-order valence-electron chi connectivity index (χ0n) is 14.9. The van der Waals surface area contributed by atoms with Gasteiger partial charge in [-0.05, 0) is 24.6 Å². The van der Waals surface area contributed by atoms with E-state index in [1.54, 1.807) is 13.2 Å². The molecule has 0 amide bonds. The summed E-state index contributed by atoms with van der Waals surface area (Å²) in [5.74, 6) is 1.85. The van der Waals surface area contributed by atoms with Gasteiger partial charge in [0.2, 0.25) is 11.8 Å². The molecule has 1 aliphatic heterocycles. The van der Waals surface area contributed by atoms with Crippen LogP contribution in [0.15, 0.2) is 34.8 Å². The molecule has 3 aromatic rings. The summed E-state index contributed by atoms with van der Waals surface area (Å²) in [4.78, 5) is 9.08. The van der Waals surface area contributed by atoms with Crippen LogP contribution in [0.5, 0.6) is 11.8 Å². The fraction of sp³-hybridized carbons (Fsp3) is 0.211. The summed E-state index contributed by atoms with van der Waals surface area (Å²) in [7, 11) is 3.04. The molecule has 0 saturated heterocycles. The molecule has 0 radical (unpaired) electrons. The lowest BCUT2D eigenvalue weighted by molar-refractivity contribution is 0.395. The van der Waals surface area contributed by atoms with E-state index in [-0.39, 0.29) is 5.88 Å². The van der Waals surface area contributed by atoms with Gasteiger partial charge in [-0.3, -0.25) is 0 Å². The summed E-state index contributed by atoms with van der Waals surface area (Å²) in [5.41, 5.74) is 0.680. The quantitative estimate of drug-likeness (QED) is 0.654. The van der Waals surface area contributed by atoms with Crippen LogP contribution in [0.4, 0.5) is 11.6 Å². The normalized spacial score (nSPS) is 17.6. The van der Waals surface area contributed by atoms with Crippen LogP contribution in [0.1, 0.15) is 18.1 Å². The lowest BCUT2D eigenvalue weighted by Gasteiger charge is -2.38. The van der Waals surface area contributed by atoms with Crippen molar-refractivity contribution in [1.29, 1.82) is 5.26 Å². The van der Waals surface area contributed by atoms with E-state index in [9.17, 15) is 5.26 Å². The van der Waals surface area contributed by atoms with Gasteiger partial charge in [-0.15, -0.1) is 0 Å². The van der Waals surface area contributed by atoms with Gasteiger partial charge < -0.3 is 20.1 Å². The maximum absolute atomic E-state index is 9.61. The molecule has 0 aliphatic carbocycles. The Morgan fingerprint density at radius 3 is 2.33 bits per heavy atom. The number of anilines is 2. The highest BCUT2D eigenvalue weighted by atomic mass is 79.9. The molecule has 4 rings (SSSR count). The standard InChI is InChI=1S/C19H16BrN5O2/c1-19(10-4-6-11(20)7-5-10)24-16-15-12(8-14(22-16)26-2)13(9-21)18(27-3)23-17(15)25-19/h4-8H,1-3H3,(H,22,24)(H,23,25)/t19-/m0/s1. The van der Waals surface area contributed by atoms with E-state index in [0.29, 0.717) is 28.5 Å². The van der Waals surface area contributed by atoms with Gasteiger partial charge in [0, 0.05) is 15.9 Å². The number of aromatic nitrogens is 2. The number of ether oxygens (including phenoxy) is 2. The molecule has 1 aromatic carbocycles. The molecule has 0 unspecified atom stereocenters. The van der Waals surface area contributed by atoms with Crippen LogP contribution in [0.25, 0.3) is 10.8 Å². The molecule has 7 nitrogen and oxygen atoms in total. The minimum absolute atomic E-state index is 0.256. The van der Waals surface area contributed by atoms with Crippen LogP contribution in [0.2, 0.25) is 0 Å². The van der Waals surface area contributed by atoms with E-state index in [0.717, 1.165) is 15.4 Å². The van der Waals surface area contributed by atoms with Crippen molar-refractivity contribution in [3.63, 3.8) is 0 Å². The third-order valence-corrected chi connectivity index (χ3v) is 5.13. The Bertz CT molecular complexity index is 1080. The van der Waals surface area contributed by atoms with Crippen LogP contribution >= 0.6 is 15.9 Å². The smallest absolute Gasteiger partial charge is 0.234 e. The van der Waals surface area contributed by atoms with Gasteiger partial charge in [-0.25, -0.2) is 0 Å². The Hall–Kier alpha value is -3.05. The fourth-order valence-electron chi connectivity index (χ4n) is 3.26. The van der Waals surface area contributed by atoms with Crippen LogP contribution in [-0.4, -0.2) is 24.2 Å². The number of hydrogen-bond donors (Lipinski definition) is 2. The van der Waals surface area contributed by atoms with Gasteiger partial charge in [0.05, 0.1) is 19.6 Å². The number of nitrogens with zero attached hydrogens (tertiary/aromatic N) is 3. The average molecular weight is 426 g/mol. The van der Waals surface area contributed by atoms with Gasteiger partial charge in [0.25, 0.3) is 0 Å². The van der Waals surface area contributed by atoms with Gasteiger partial charge in [0.1, 0.15) is 28.9 Å². The van der Waals surface area contributed by atoms with Gasteiger partial charge in [-0.2, -0.15) is 15.2 Å². The largest absolute Gasteiger partial charge is 0.481 e. The number of benzene rings is 1. The van der Waals surface area contributed by atoms with Crippen molar-refractivity contribution in [2.45, 2.75) is 12.6 Å². The minimum atomic E-state index is -0.661. The average Bonchev–Trinajstić information content (AvgIpc) is 2.67. The van der Waals surface area contributed by atoms with E-state index in [2.05, 4.69) is 42.6 Å². The zero-order valence-corrected chi connectivity index (χ0v) is 16.5. The number of halogens is 1. The Kier molecular flexibility index (Phi) is 4.04. The molecule has 0 spiro atoms. The van der Waals surface area contributed by atoms with Crippen LogP contribution in [0, 0.1) is 11.3 Å². The van der Waals surface area contributed by atoms with Crippen molar-refractivity contribution in [3.8, 4) is 17.8 Å². The van der Waals surface area contributed by atoms with Crippen molar-refractivity contribution in [1.82, 2.24) is 9.97 Å². The molecule has 0 fully saturated rings. The van der Waals surface area contributed by atoms with Gasteiger partial charge >= 0.3 is 0 Å². The predicted molar refractivity (Wildman–Crippen MR) is 106 cm³/mol. The molecule has 1 aliphatic rings. The molecular weight excluding hydrogens is 410 g/mol. The molecule has 1 atom stereocenters. The molecule has 0 saturated carbocycles. The Labute approximate surface area is 164 Å². The summed E-state index contributed by atoms with van der Waals surface area (Å²) in [5, 5.41) is 17.9. The molecule has 27 heavy (non-hydrogen) atoms. The van der Waals surface area contributed by atoms with Crippen molar-refractivity contribution in [2.75, 3.05) is 24.9 Å². The number of pyridine rings is 2. The first-order chi connectivity index (χ1) is 13.0. The van der Waals surface area contributed by atoms with Crippen LogP contribution < -0.4 is 20.1 Å². The first-order valence-corrected chi connectivity index (χ1v) is 8.97. The molecule has 2 aromatic heterocycles. The van der Waals surface area contributed by atoms with E-state index in [4.69, 9.17) is 9.47 Å². The number of nitriles is 1. The molecular formula is C19H16BrN5O2. The summed E-state index contributed by atoms with van der Waals surface area (Å²) in [6.45, 7) is 2.00. The Morgan fingerprint density at radius 1 is 1.07 bits per heavy atom. The zero-order chi connectivity index (χ0) is 19.2. The highest BCUT2D eigenvalue weighted by Crippen LogP contribution is 2.43. The first kappa shape index (κ1) is 17.4. The highest BCUT2D eigenvalue weighted by Gasteiger charge is 2.35. The van der Waals surface area contributed by atoms with Crippen LogP contribution in [0.3, 0.4) is 0 Å². The monoisotopic (exact) mass is 425 g/mol. The van der Waals surface area contributed by atoms with Crippen molar-refractivity contribution < 1.29 is 9.47 Å². The van der Waals surface area contributed by atoms with Crippen LogP contribution in [-0.2, 0) is 5.66 Å². The Balaban J connectivity index is 1.98. The number of nitrogens with one attached hydrogen (secondary N) is 2. The van der Waals surface area contributed by atoms with E-state index < -0.39 is 5.66 Å². The maximum Gasteiger partial charge on any atom is 0.234 e. The second kappa shape index (κ2) is 6.28. The van der Waals surface area contributed by atoms with Gasteiger partial charge in [-0.1, -0.05) is 28.1 Å². The predicted octanol–water partition coefficient (Wildman–Crippen LogP) is 3.99. The third-order valence-electron chi connectivity index (χ3n) is 4.60. The number of methoxy groups -OCH3 is 2. The number of rotatable bonds is 3. The number of hydrogen-bond acceptors (Lipinski definition) is 7. The van der Waals surface area contributed by atoms with E-state index >= 15 is 0 Å². The molecule has 3 heterocycles. The molecule has 2 N–H and O–H groups in total. The molecule has 8 heteroatoms. The highest BCUT2D eigenvalue weighted by molar-refractivity contribution is 9.10. The van der Waals surface area contributed by atoms with E-state index in [1.165, 1.54) is 7.11 Å². The van der Waals surface area contributed by atoms with Gasteiger partial charge in [0.15, 0.2) is 0 Å². The minimum Gasteiger partial charge on any atom is -0.481 e. The summed E-state index contributed by atoms with van der Waals surface area (Å²) >= 11 is 3.46. The SMILES string of the molecule is COc1cc2c(C#N)c(OC)nc3c2c(n1)N[C@](C)(c1ccc(Br)cc1)N3. The van der Waals surface area contributed by atoms with Crippen molar-refractivity contribution in [2.24, 2.45) is 0 Å². The summed E-state index contributed by atoms with van der Waals surface area (Å²) in [6, 6.07) is 11.9. The topological polar surface area (TPSA) is 92.1 Å². The van der Waals surface area contributed by atoms with Crippen molar-refractivity contribution >= 4 is 38.3 Å². The second-order valence-electron chi connectivity index (χ2n) is 6.27. The first-order valence-electron chi connectivity index (χ1n) is 8.18. The molecule has 0 bridgehead atoms. The van der Waals surface area contributed by atoms with Crippen molar-refractivity contribution in [3.05, 3.63) is 45.9 Å². The summed E-state index contributed by atoms with van der Waals surface area (Å²) in [6.07, 6.45) is 0. The lowest BCUT2D eigenvalue weighted by Crippen LogP contribution is -2.43. The maximum atomic E-state index is 9.61. The summed E-state index contributed by atoms with van der Waals surface area (Å²) < 4.78 is 11.7. The Morgan fingerprint density at radius 2 is 1.74 bits per heavy atom. The van der Waals surface area contributed by atoms with E-state index in [1.807, 2.05) is 31.2 Å². The molecule has 136 valence electrons. The third kappa shape index (κ3) is 2.71. The second-order valence-corrected chi connectivity index (χ2v) is 7.19.